The van der Waals surface area contributed by atoms with Crippen LogP contribution >= 0.6 is 57.6 Å². The first-order chi connectivity index (χ1) is 18.5. The number of aromatic nitrogens is 2. The SMILES string of the molecule is CC(C)(C)c1ccc(C2C(C(=O)c3cccs3)=C(O)C(=O)N2c2nnc(SCc3ccc(Cl)cc3Cl)s2)cc1. The van der Waals surface area contributed by atoms with E-state index >= 15 is 0 Å². The van der Waals surface area contributed by atoms with Gasteiger partial charge in [0.05, 0.1) is 16.5 Å². The van der Waals surface area contributed by atoms with Crippen molar-refractivity contribution < 1.29 is 14.7 Å². The van der Waals surface area contributed by atoms with Crippen LogP contribution in [0.2, 0.25) is 10.0 Å². The Bertz CT molecular complexity index is 1580. The lowest BCUT2D eigenvalue weighted by Crippen LogP contribution is -2.31. The highest BCUT2D eigenvalue weighted by Gasteiger charge is 2.46. The standard InChI is InChI=1S/C28H23Cl2N3O3S3/c1-28(2,3)17-9-6-15(7-10-17)22-21(23(34)20-5-4-12-37-20)24(35)25(36)33(22)26-31-32-27(39-26)38-14-16-8-11-18(29)13-19(16)30/h4-13,22,35H,14H2,1-3H3. The molecule has 5 rings (SSSR count). The molecule has 1 unspecified atom stereocenters. The molecule has 1 N–H and O–H groups in total. The maximum Gasteiger partial charge on any atom is 0.296 e. The number of rotatable bonds is 7. The van der Waals surface area contributed by atoms with Crippen LogP contribution in [0.1, 0.15) is 53.2 Å². The summed E-state index contributed by atoms with van der Waals surface area (Å²) in [6.07, 6.45) is 0. The number of anilines is 1. The van der Waals surface area contributed by atoms with Crippen LogP contribution in [-0.4, -0.2) is 27.0 Å². The Morgan fingerprint density at radius 2 is 1.85 bits per heavy atom. The van der Waals surface area contributed by atoms with Crippen molar-refractivity contribution in [3.63, 3.8) is 0 Å². The van der Waals surface area contributed by atoms with Crippen molar-refractivity contribution in [3.8, 4) is 0 Å². The highest BCUT2D eigenvalue weighted by molar-refractivity contribution is 8.00. The predicted octanol–water partition coefficient (Wildman–Crippen LogP) is 8.28. The lowest BCUT2D eigenvalue weighted by atomic mass is 9.85. The summed E-state index contributed by atoms with van der Waals surface area (Å²) in [6.45, 7) is 6.34. The number of aliphatic hydroxyl groups excluding tert-OH is 1. The quantitative estimate of drug-likeness (QED) is 0.128. The maximum absolute atomic E-state index is 13.5. The van der Waals surface area contributed by atoms with Gasteiger partial charge in [-0.3, -0.25) is 14.5 Å². The average molecular weight is 617 g/mol. The van der Waals surface area contributed by atoms with Crippen molar-refractivity contribution in [2.24, 2.45) is 0 Å². The second-order valence-corrected chi connectivity index (χ2v) is 13.9. The van der Waals surface area contributed by atoms with E-state index in [9.17, 15) is 14.7 Å². The van der Waals surface area contributed by atoms with Gasteiger partial charge in [0.2, 0.25) is 10.9 Å². The molecule has 0 saturated carbocycles. The van der Waals surface area contributed by atoms with Crippen LogP contribution in [0.5, 0.6) is 0 Å². The molecule has 0 bridgehead atoms. The van der Waals surface area contributed by atoms with Crippen LogP contribution in [0, 0.1) is 0 Å². The van der Waals surface area contributed by atoms with E-state index in [1.54, 1.807) is 29.6 Å². The van der Waals surface area contributed by atoms with E-state index < -0.39 is 17.7 Å². The number of hydrogen-bond donors (Lipinski definition) is 1. The fourth-order valence-electron chi connectivity index (χ4n) is 4.19. The molecular formula is C28H23Cl2N3O3S3. The van der Waals surface area contributed by atoms with Gasteiger partial charge in [0.25, 0.3) is 5.91 Å². The minimum absolute atomic E-state index is 0.0308. The number of amides is 1. The molecule has 0 spiro atoms. The van der Waals surface area contributed by atoms with Crippen LogP contribution in [0.4, 0.5) is 5.13 Å². The molecule has 11 heteroatoms. The van der Waals surface area contributed by atoms with E-state index in [4.69, 9.17) is 23.2 Å². The molecule has 0 radical (unpaired) electrons. The van der Waals surface area contributed by atoms with Gasteiger partial charge in [-0.15, -0.1) is 21.5 Å². The number of nitrogens with zero attached hydrogens (tertiary/aromatic N) is 3. The maximum atomic E-state index is 13.5. The zero-order valence-corrected chi connectivity index (χ0v) is 25.1. The molecule has 3 heterocycles. The number of thiophene rings is 1. The summed E-state index contributed by atoms with van der Waals surface area (Å²) in [5.74, 6) is -1.12. The number of carbonyl (C=O) groups excluding carboxylic acids is 2. The van der Waals surface area contributed by atoms with Crippen LogP contribution in [0.3, 0.4) is 0 Å². The molecule has 1 atom stereocenters. The average Bonchev–Trinajstić information content (AvgIpc) is 3.64. The Kier molecular flexibility index (Phi) is 7.90. The van der Waals surface area contributed by atoms with Crippen molar-refractivity contribution in [1.82, 2.24) is 10.2 Å². The van der Waals surface area contributed by atoms with Gasteiger partial charge in [0, 0.05) is 15.8 Å². The summed E-state index contributed by atoms with van der Waals surface area (Å²) in [6, 6.07) is 15.7. The molecule has 1 aliphatic heterocycles. The van der Waals surface area contributed by atoms with Gasteiger partial charge < -0.3 is 5.11 Å². The topological polar surface area (TPSA) is 83.4 Å². The summed E-state index contributed by atoms with van der Waals surface area (Å²) in [7, 11) is 0. The van der Waals surface area contributed by atoms with E-state index in [2.05, 4.69) is 31.0 Å². The van der Waals surface area contributed by atoms with E-state index in [-0.39, 0.29) is 21.9 Å². The molecule has 0 fully saturated rings. The number of hydrogen-bond acceptors (Lipinski definition) is 8. The first-order valence-electron chi connectivity index (χ1n) is 11.9. The molecule has 0 aliphatic carbocycles. The summed E-state index contributed by atoms with van der Waals surface area (Å²) >= 11 is 16.2. The number of benzene rings is 2. The van der Waals surface area contributed by atoms with Crippen molar-refractivity contribution in [1.29, 1.82) is 0 Å². The largest absolute Gasteiger partial charge is 0.503 e. The van der Waals surface area contributed by atoms with Crippen molar-refractivity contribution in [2.75, 3.05) is 4.90 Å². The number of halogens is 2. The molecule has 39 heavy (non-hydrogen) atoms. The van der Waals surface area contributed by atoms with Gasteiger partial charge >= 0.3 is 0 Å². The third-order valence-electron chi connectivity index (χ3n) is 6.26. The van der Waals surface area contributed by atoms with E-state index in [1.165, 1.54) is 39.3 Å². The zero-order chi connectivity index (χ0) is 27.9. The zero-order valence-electron chi connectivity index (χ0n) is 21.1. The van der Waals surface area contributed by atoms with Crippen LogP contribution < -0.4 is 4.90 Å². The third kappa shape index (κ3) is 5.64. The number of ketones is 1. The van der Waals surface area contributed by atoms with Gasteiger partial charge in [-0.2, -0.15) is 0 Å². The van der Waals surface area contributed by atoms with E-state index in [1.807, 2.05) is 30.3 Å². The molecule has 2 aromatic heterocycles. The lowest BCUT2D eigenvalue weighted by Gasteiger charge is -2.25. The second-order valence-electron chi connectivity index (χ2n) is 9.89. The fraction of sp³-hybridized carbons (Fsp3) is 0.214. The summed E-state index contributed by atoms with van der Waals surface area (Å²) in [5, 5.41) is 22.7. The van der Waals surface area contributed by atoms with Gasteiger partial charge in [-0.25, -0.2) is 0 Å². The number of Topliss-reactive ketones (excluding diaryl/α,β-unsaturated/α-hetero) is 1. The smallest absolute Gasteiger partial charge is 0.296 e. The van der Waals surface area contributed by atoms with Gasteiger partial charge in [0.1, 0.15) is 0 Å². The molecular weight excluding hydrogens is 593 g/mol. The molecule has 1 amide bonds. The van der Waals surface area contributed by atoms with E-state index in [0.29, 0.717) is 30.6 Å². The Morgan fingerprint density at radius 1 is 1.10 bits per heavy atom. The normalized spacial score (nSPS) is 15.9. The molecule has 4 aromatic rings. The molecule has 2 aromatic carbocycles. The van der Waals surface area contributed by atoms with Gasteiger partial charge in [-0.05, 0) is 45.7 Å². The third-order valence-corrected chi connectivity index (χ3v) is 9.82. The van der Waals surface area contributed by atoms with Crippen LogP contribution in [-0.2, 0) is 16.0 Å². The summed E-state index contributed by atoms with van der Waals surface area (Å²) in [5.41, 5.74) is 2.65. The number of aliphatic hydroxyl groups is 1. The Balaban J connectivity index is 1.49. The first-order valence-corrected chi connectivity index (χ1v) is 15.3. The lowest BCUT2D eigenvalue weighted by molar-refractivity contribution is -0.117. The van der Waals surface area contributed by atoms with E-state index in [0.717, 1.165) is 11.1 Å². The minimum Gasteiger partial charge on any atom is -0.503 e. The summed E-state index contributed by atoms with van der Waals surface area (Å²) < 4.78 is 0.614. The fourth-order valence-corrected chi connectivity index (χ4v) is 7.30. The number of thioether (sulfide) groups is 1. The van der Waals surface area contributed by atoms with Crippen LogP contribution in [0.25, 0.3) is 0 Å². The van der Waals surface area contributed by atoms with Crippen molar-refractivity contribution in [2.45, 2.75) is 42.3 Å². The number of carbonyl (C=O) groups is 2. The van der Waals surface area contributed by atoms with Crippen molar-refractivity contribution in [3.05, 3.63) is 103 Å². The minimum atomic E-state index is -0.849. The van der Waals surface area contributed by atoms with Crippen molar-refractivity contribution >= 4 is 74.5 Å². The molecule has 1 aliphatic rings. The second kappa shape index (κ2) is 11.1. The highest BCUT2D eigenvalue weighted by Crippen LogP contribution is 2.44. The highest BCUT2D eigenvalue weighted by atomic mass is 35.5. The predicted molar refractivity (Wildman–Crippen MR) is 160 cm³/mol. The molecule has 200 valence electrons. The monoisotopic (exact) mass is 615 g/mol. The van der Waals surface area contributed by atoms with Gasteiger partial charge in [0.15, 0.2) is 10.1 Å². The Morgan fingerprint density at radius 3 is 2.49 bits per heavy atom. The van der Waals surface area contributed by atoms with Crippen LogP contribution in [0.15, 0.2) is 75.6 Å². The summed E-state index contributed by atoms with van der Waals surface area (Å²) in [4.78, 5) is 28.8. The Labute approximate surface area is 248 Å². The van der Waals surface area contributed by atoms with Gasteiger partial charge in [-0.1, -0.05) is 103 Å². The Hall–Kier alpha value is -2.69. The molecule has 0 saturated heterocycles. The molecule has 6 nitrogen and oxygen atoms in total. The first kappa shape index (κ1) is 27.9.